The van der Waals surface area contributed by atoms with Gasteiger partial charge in [-0.15, -0.1) is 0 Å². The Balaban J connectivity index is 2.72. The highest BCUT2D eigenvalue weighted by Gasteiger charge is 1.92. The molecule has 0 heterocycles. The summed E-state index contributed by atoms with van der Waals surface area (Å²) in [6.07, 6.45) is 3.96. The van der Waals surface area contributed by atoms with Gasteiger partial charge in [-0.1, -0.05) is 38.8 Å². The van der Waals surface area contributed by atoms with Crippen molar-refractivity contribution in [2.45, 2.75) is 31.9 Å². The minimum absolute atomic E-state index is 0.0910. The van der Waals surface area contributed by atoms with Gasteiger partial charge in [0.2, 0.25) is 0 Å². The zero-order chi connectivity index (χ0) is 6.41. The quantitative estimate of drug-likeness (QED) is 0.404. The highest BCUT2D eigenvalue weighted by atomic mass is 29.1. The van der Waals surface area contributed by atoms with Crippen molar-refractivity contribution in [2.24, 2.45) is 0 Å². The van der Waals surface area contributed by atoms with Crippen LogP contribution >= 0.6 is 0 Å². The molecule has 0 aromatic heterocycles. The van der Waals surface area contributed by atoms with E-state index in [1.54, 1.807) is 6.04 Å². The van der Waals surface area contributed by atoms with Crippen LogP contribution in [0.3, 0.4) is 0 Å². The predicted molar refractivity (Wildman–Crippen MR) is 47.0 cm³/mol. The summed E-state index contributed by atoms with van der Waals surface area (Å²) in [5.41, 5.74) is 0. The van der Waals surface area contributed by atoms with Crippen LogP contribution in [0.15, 0.2) is 0 Å². The number of rotatable bonds is 4. The highest BCUT2D eigenvalue weighted by molar-refractivity contribution is 7.02. The Morgan fingerprint density at radius 2 is 2.12 bits per heavy atom. The lowest BCUT2D eigenvalue weighted by atomic mass is 10.3. The molecule has 8 heavy (non-hydrogen) atoms. The Bertz CT molecular complexity index is 43.8. The van der Waals surface area contributed by atoms with Gasteiger partial charge in [0.05, 0.1) is 0 Å². The van der Waals surface area contributed by atoms with Crippen LogP contribution in [0.4, 0.5) is 0 Å². The Morgan fingerprint density at radius 3 is 2.50 bits per heavy atom. The lowest BCUT2D eigenvalue weighted by Crippen LogP contribution is -2.04. The summed E-state index contributed by atoms with van der Waals surface area (Å²) in [6.45, 7) is 6.28. The van der Waals surface area contributed by atoms with Crippen molar-refractivity contribution in [3.8, 4) is 0 Å². The topological polar surface area (TPSA) is 0 Å². The maximum Gasteiger partial charge on any atom is 0.0171 e. The van der Waals surface area contributed by atoms with Crippen molar-refractivity contribution in [2.75, 3.05) is 0 Å². The second-order valence-electron chi connectivity index (χ2n) is 2.74. The summed E-state index contributed by atoms with van der Waals surface area (Å²) in [6, 6.07) is 1.57. The van der Waals surface area contributed by atoms with Crippen LogP contribution in [-0.2, 0) is 0 Å². The fourth-order valence-corrected chi connectivity index (χ4v) is 3.06. The van der Waals surface area contributed by atoms with E-state index in [9.17, 15) is 0 Å². The van der Waals surface area contributed by atoms with Crippen molar-refractivity contribution in [1.82, 2.24) is 0 Å². The van der Waals surface area contributed by atoms with Gasteiger partial charge >= 0.3 is 0 Å². The predicted octanol–water partition coefficient (Wildman–Crippen LogP) is 0.710. The van der Waals surface area contributed by atoms with Crippen LogP contribution in [0.2, 0.25) is 12.6 Å². The first-order valence-electron chi connectivity index (χ1n) is 3.56. The molecule has 1 atom stereocenters. The molecule has 0 nitrogen and oxygen atoms in total. The molecule has 0 aromatic rings. The van der Waals surface area contributed by atoms with E-state index in [4.69, 9.17) is 0 Å². The molecule has 0 saturated heterocycles. The van der Waals surface area contributed by atoms with Crippen LogP contribution in [0.1, 0.15) is 19.3 Å². The summed E-state index contributed by atoms with van der Waals surface area (Å²) in [7, 11) is 1.41. The van der Waals surface area contributed by atoms with Crippen LogP contribution in [-0.4, -0.2) is 18.1 Å². The molecule has 0 saturated carbocycles. The van der Waals surface area contributed by atoms with Gasteiger partial charge in [-0.05, 0) is 9.76 Å². The Kier molecular flexibility index (Phi) is 5.87. The van der Waals surface area contributed by atoms with E-state index in [2.05, 4.69) is 13.5 Å². The average Bonchev–Trinajstić information content (AvgIpc) is 1.66. The number of unbranched alkanes of at least 4 members (excludes halogenated alkanes) is 2. The normalized spacial score (nSPS) is 14.2. The zero-order valence-corrected chi connectivity index (χ0v) is 9.27. The summed E-state index contributed by atoms with van der Waals surface area (Å²) in [5, 5.41) is 0. The molecule has 0 N–H and O–H groups in total. The van der Waals surface area contributed by atoms with Crippen LogP contribution in [0.5, 0.6) is 0 Å². The first-order chi connectivity index (χ1) is 3.77. The van der Waals surface area contributed by atoms with Gasteiger partial charge in [0, 0.05) is 8.31 Å². The molecule has 0 rings (SSSR count). The molecule has 0 aliphatic carbocycles. The molecule has 0 aliphatic rings. The van der Waals surface area contributed by atoms with Crippen LogP contribution in [0.25, 0.3) is 0 Å². The van der Waals surface area contributed by atoms with Crippen molar-refractivity contribution in [3.05, 3.63) is 6.92 Å². The van der Waals surface area contributed by atoms with Gasteiger partial charge < -0.3 is 0 Å². The number of hydrogen-bond donors (Lipinski definition) is 0. The van der Waals surface area contributed by atoms with E-state index >= 15 is 0 Å². The van der Waals surface area contributed by atoms with Crippen LogP contribution < -0.4 is 0 Å². The third kappa shape index (κ3) is 6.43. The minimum atomic E-state index is -0.0910. The molecular weight excluding hydrogens is 128 g/mol. The molecule has 0 aliphatic heterocycles. The second-order valence-corrected chi connectivity index (χ2v) is 12.0. The van der Waals surface area contributed by atoms with Crippen molar-refractivity contribution in [3.63, 3.8) is 0 Å². The van der Waals surface area contributed by atoms with Gasteiger partial charge in [-0.2, -0.15) is 0 Å². The molecule has 0 aromatic carbocycles. The Labute approximate surface area is 57.5 Å². The average molecular weight is 145 g/mol. The van der Waals surface area contributed by atoms with E-state index in [-0.39, 0.29) is 8.31 Å². The van der Waals surface area contributed by atoms with E-state index in [1.807, 2.05) is 0 Å². The van der Waals surface area contributed by atoms with Crippen LogP contribution in [0, 0.1) is 6.92 Å². The summed E-state index contributed by atoms with van der Waals surface area (Å²) < 4.78 is 0. The summed E-state index contributed by atoms with van der Waals surface area (Å²) in [4.78, 5) is 0. The highest BCUT2D eigenvalue weighted by Crippen LogP contribution is 2.00. The van der Waals surface area contributed by atoms with Gasteiger partial charge in [0.1, 0.15) is 0 Å². The maximum atomic E-state index is 3.81. The number of hydrogen-bond acceptors (Lipinski definition) is 0. The van der Waals surface area contributed by atoms with E-state index < -0.39 is 0 Å². The first-order valence-corrected chi connectivity index (χ1v) is 10.2. The summed E-state index contributed by atoms with van der Waals surface area (Å²) in [5.74, 6) is 0. The third-order valence-corrected chi connectivity index (χ3v) is 4.58. The second kappa shape index (κ2) is 5.57. The van der Waals surface area contributed by atoms with Crippen molar-refractivity contribution < 1.29 is 0 Å². The SMILES string of the molecule is [CH2]CCCC[SiH](C)[SiH3]. The lowest BCUT2D eigenvalue weighted by molar-refractivity contribution is 0.808. The van der Waals surface area contributed by atoms with Gasteiger partial charge in [-0.25, -0.2) is 0 Å². The largest absolute Gasteiger partial charge is 0.0746 e. The fourth-order valence-electron chi connectivity index (χ4n) is 0.729. The molecule has 0 amide bonds. The van der Waals surface area contributed by atoms with Crippen molar-refractivity contribution >= 4 is 18.1 Å². The van der Waals surface area contributed by atoms with Gasteiger partial charge in [0.25, 0.3) is 0 Å². The Morgan fingerprint density at radius 1 is 1.50 bits per heavy atom. The fraction of sp³-hybridized carbons (Fsp3) is 0.833. The maximum absolute atomic E-state index is 3.81. The van der Waals surface area contributed by atoms with Gasteiger partial charge in [0.15, 0.2) is 0 Å². The minimum Gasteiger partial charge on any atom is -0.0746 e. The smallest absolute Gasteiger partial charge is 0.0171 e. The molecule has 1 unspecified atom stereocenters. The Hall–Kier alpha value is 0.434. The van der Waals surface area contributed by atoms with Gasteiger partial charge in [-0.3, -0.25) is 0 Å². The lowest BCUT2D eigenvalue weighted by Gasteiger charge is -1.98. The molecule has 1 radical (unpaired) electrons. The zero-order valence-electron chi connectivity index (χ0n) is 6.11. The summed E-state index contributed by atoms with van der Waals surface area (Å²) >= 11 is 0. The molecule has 49 valence electrons. The molecule has 0 bridgehead atoms. The van der Waals surface area contributed by atoms with E-state index in [0.717, 1.165) is 6.42 Å². The standard InChI is InChI=1S/C6H17Si2/c1-3-4-5-6-8(2)7/h8H,1,3-6H2,2,7H3. The monoisotopic (exact) mass is 145 g/mol. The van der Waals surface area contributed by atoms with E-state index in [1.165, 1.54) is 22.6 Å². The molecule has 0 fully saturated rings. The molecule has 2 heteroatoms. The first kappa shape index (κ1) is 8.43. The molecular formula is C6H17Si2. The third-order valence-electron chi connectivity index (χ3n) is 1.28. The van der Waals surface area contributed by atoms with Crippen molar-refractivity contribution in [1.29, 1.82) is 0 Å². The van der Waals surface area contributed by atoms with E-state index in [0.29, 0.717) is 0 Å². The molecule has 0 spiro atoms.